The van der Waals surface area contributed by atoms with Crippen LogP contribution in [-0.2, 0) is 0 Å². The number of furan rings is 1. The maximum atomic E-state index is 11.3. The summed E-state index contributed by atoms with van der Waals surface area (Å²) < 4.78 is 5.95. The first-order valence-electron chi connectivity index (χ1n) is 7.00. The van der Waals surface area contributed by atoms with Gasteiger partial charge in [0.15, 0.2) is 0 Å². The maximum absolute atomic E-state index is 11.3. The van der Waals surface area contributed by atoms with Crippen molar-refractivity contribution in [3.8, 4) is 11.1 Å². The van der Waals surface area contributed by atoms with Crippen molar-refractivity contribution < 1.29 is 9.34 Å². The molecule has 0 fully saturated rings. The van der Waals surface area contributed by atoms with E-state index in [0.717, 1.165) is 10.8 Å². The topological polar surface area (TPSA) is 56.3 Å². The van der Waals surface area contributed by atoms with E-state index in [2.05, 4.69) is 0 Å². The molecule has 0 atom stereocenters. The van der Waals surface area contributed by atoms with Crippen LogP contribution in [0.3, 0.4) is 0 Å². The molecule has 0 aliphatic heterocycles. The average molecular weight is 324 g/mol. The summed E-state index contributed by atoms with van der Waals surface area (Å²) in [5.41, 5.74) is 2.48. The number of rotatable bonds is 2. The van der Waals surface area contributed by atoms with Gasteiger partial charge in [-0.3, -0.25) is 10.1 Å². The van der Waals surface area contributed by atoms with Crippen LogP contribution < -0.4 is 0 Å². The highest BCUT2D eigenvalue weighted by Crippen LogP contribution is 2.41. The molecular formula is C18H10ClNO3. The van der Waals surface area contributed by atoms with Crippen molar-refractivity contribution >= 4 is 39.2 Å². The summed E-state index contributed by atoms with van der Waals surface area (Å²) >= 11 is 6.35. The highest BCUT2D eigenvalue weighted by molar-refractivity contribution is 6.38. The Kier molecular flexibility index (Phi) is 3.06. The van der Waals surface area contributed by atoms with Gasteiger partial charge in [-0.05, 0) is 24.3 Å². The number of para-hydroxylation sites is 2. The Balaban J connectivity index is 2.14. The van der Waals surface area contributed by atoms with Gasteiger partial charge in [0.1, 0.15) is 11.2 Å². The summed E-state index contributed by atoms with van der Waals surface area (Å²) in [6.07, 6.45) is 0. The zero-order chi connectivity index (χ0) is 16.0. The third kappa shape index (κ3) is 2.07. The third-order valence-electron chi connectivity index (χ3n) is 3.87. The molecule has 4 aromatic rings. The smallest absolute Gasteiger partial charge is 0.277 e. The number of hydrogen-bond acceptors (Lipinski definition) is 3. The second-order valence-electron chi connectivity index (χ2n) is 5.17. The SMILES string of the molecule is O=[N+]([O-])c1ccccc1-c1ccc(Cl)c2c1oc1ccccc12. The van der Waals surface area contributed by atoms with Crippen LogP contribution in [0.4, 0.5) is 5.69 Å². The van der Waals surface area contributed by atoms with Gasteiger partial charge in [0.2, 0.25) is 0 Å². The molecule has 5 heteroatoms. The lowest BCUT2D eigenvalue weighted by Crippen LogP contribution is -1.91. The van der Waals surface area contributed by atoms with Crippen molar-refractivity contribution in [1.82, 2.24) is 0 Å². The van der Waals surface area contributed by atoms with Gasteiger partial charge < -0.3 is 4.42 Å². The maximum Gasteiger partial charge on any atom is 0.277 e. The van der Waals surface area contributed by atoms with Crippen LogP contribution in [-0.4, -0.2) is 4.92 Å². The molecular weight excluding hydrogens is 314 g/mol. The molecule has 1 aromatic heterocycles. The lowest BCUT2D eigenvalue weighted by Gasteiger charge is -2.05. The van der Waals surface area contributed by atoms with Gasteiger partial charge in [-0.15, -0.1) is 0 Å². The van der Waals surface area contributed by atoms with Crippen molar-refractivity contribution in [1.29, 1.82) is 0 Å². The first-order valence-corrected chi connectivity index (χ1v) is 7.38. The largest absolute Gasteiger partial charge is 0.455 e. The molecule has 0 spiro atoms. The van der Waals surface area contributed by atoms with Crippen LogP contribution >= 0.6 is 11.6 Å². The minimum atomic E-state index is -0.390. The molecule has 0 saturated heterocycles. The molecule has 3 aromatic carbocycles. The molecule has 0 aliphatic carbocycles. The zero-order valence-electron chi connectivity index (χ0n) is 11.8. The molecule has 4 nitrogen and oxygen atoms in total. The van der Waals surface area contributed by atoms with E-state index in [1.807, 2.05) is 24.3 Å². The van der Waals surface area contributed by atoms with E-state index in [1.165, 1.54) is 6.07 Å². The molecule has 112 valence electrons. The number of nitrogens with zero attached hydrogens (tertiary/aromatic N) is 1. The summed E-state index contributed by atoms with van der Waals surface area (Å²) in [6, 6.07) is 17.7. The van der Waals surface area contributed by atoms with Crippen LogP contribution in [0, 0.1) is 10.1 Å². The number of hydrogen-bond donors (Lipinski definition) is 0. The molecule has 0 unspecified atom stereocenters. The Morgan fingerprint density at radius 3 is 2.48 bits per heavy atom. The van der Waals surface area contributed by atoms with Crippen molar-refractivity contribution in [3.63, 3.8) is 0 Å². The summed E-state index contributed by atoms with van der Waals surface area (Å²) in [5, 5.41) is 13.6. The summed E-state index contributed by atoms with van der Waals surface area (Å²) in [5.74, 6) is 0. The second kappa shape index (κ2) is 5.11. The van der Waals surface area contributed by atoms with Gasteiger partial charge in [0.05, 0.1) is 15.5 Å². The normalized spacial score (nSPS) is 11.2. The quantitative estimate of drug-likeness (QED) is 0.345. The van der Waals surface area contributed by atoms with Crippen LogP contribution in [0.15, 0.2) is 65.1 Å². The number of halogens is 1. The monoisotopic (exact) mass is 323 g/mol. The van der Waals surface area contributed by atoms with E-state index in [9.17, 15) is 10.1 Å². The summed E-state index contributed by atoms with van der Waals surface area (Å²) in [4.78, 5) is 10.9. The first-order chi connectivity index (χ1) is 11.2. The fraction of sp³-hybridized carbons (Fsp3) is 0. The zero-order valence-corrected chi connectivity index (χ0v) is 12.6. The summed E-state index contributed by atoms with van der Waals surface area (Å²) in [6.45, 7) is 0. The van der Waals surface area contributed by atoms with E-state index < -0.39 is 4.92 Å². The number of fused-ring (bicyclic) bond motifs is 3. The first kappa shape index (κ1) is 13.8. The predicted octanol–water partition coefficient (Wildman–Crippen LogP) is 5.81. The molecule has 0 saturated carbocycles. The van der Waals surface area contributed by atoms with Crippen molar-refractivity contribution in [2.45, 2.75) is 0 Å². The van der Waals surface area contributed by atoms with Gasteiger partial charge >= 0.3 is 0 Å². The fourth-order valence-corrected chi connectivity index (χ4v) is 3.11. The van der Waals surface area contributed by atoms with Crippen LogP contribution in [0.25, 0.3) is 33.1 Å². The highest BCUT2D eigenvalue weighted by Gasteiger charge is 2.20. The Bertz CT molecular complexity index is 1070. The Labute approximate surface area is 136 Å². The van der Waals surface area contributed by atoms with Crippen molar-refractivity contribution in [2.24, 2.45) is 0 Å². The number of nitro groups is 1. The van der Waals surface area contributed by atoms with E-state index in [-0.39, 0.29) is 5.69 Å². The van der Waals surface area contributed by atoms with E-state index in [4.69, 9.17) is 16.0 Å². The molecule has 0 radical (unpaired) electrons. The molecule has 0 aliphatic rings. The molecule has 23 heavy (non-hydrogen) atoms. The van der Waals surface area contributed by atoms with Crippen LogP contribution in [0.5, 0.6) is 0 Å². The van der Waals surface area contributed by atoms with Crippen LogP contribution in [0.1, 0.15) is 0 Å². The van der Waals surface area contributed by atoms with E-state index in [1.54, 1.807) is 30.3 Å². The predicted molar refractivity (Wildman–Crippen MR) is 90.8 cm³/mol. The van der Waals surface area contributed by atoms with Gasteiger partial charge in [0.25, 0.3) is 5.69 Å². The number of benzene rings is 3. The lowest BCUT2D eigenvalue weighted by atomic mass is 10.0. The molecule has 0 amide bonds. The molecule has 0 N–H and O–H groups in total. The third-order valence-corrected chi connectivity index (χ3v) is 4.18. The van der Waals surface area contributed by atoms with Gasteiger partial charge in [-0.2, -0.15) is 0 Å². The molecule has 1 heterocycles. The second-order valence-corrected chi connectivity index (χ2v) is 5.58. The lowest BCUT2D eigenvalue weighted by molar-refractivity contribution is -0.384. The minimum absolute atomic E-state index is 0.0385. The van der Waals surface area contributed by atoms with E-state index in [0.29, 0.717) is 27.3 Å². The van der Waals surface area contributed by atoms with Crippen molar-refractivity contribution in [2.75, 3.05) is 0 Å². The fourth-order valence-electron chi connectivity index (χ4n) is 2.86. The standard InChI is InChI=1S/C18H10ClNO3/c19-14-10-9-12(11-5-1-3-7-15(11)20(21)22)18-17(14)13-6-2-4-8-16(13)23-18/h1-10H. The number of nitro benzene ring substituents is 1. The minimum Gasteiger partial charge on any atom is -0.455 e. The van der Waals surface area contributed by atoms with Gasteiger partial charge in [0, 0.05) is 22.4 Å². The summed E-state index contributed by atoms with van der Waals surface area (Å²) in [7, 11) is 0. The Morgan fingerprint density at radius 2 is 1.65 bits per heavy atom. The molecule has 0 bridgehead atoms. The average Bonchev–Trinajstić information content (AvgIpc) is 2.95. The van der Waals surface area contributed by atoms with E-state index >= 15 is 0 Å². The van der Waals surface area contributed by atoms with Gasteiger partial charge in [-0.25, -0.2) is 0 Å². The van der Waals surface area contributed by atoms with Crippen molar-refractivity contribution in [3.05, 3.63) is 75.8 Å². The Hall–Kier alpha value is -2.85. The molecule has 4 rings (SSSR count). The Morgan fingerprint density at radius 1 is 0.913 bits per heavy atom. The van der Waals surface area contributed by atoms with Gasteiger partial charge in [-0.1, -0.05) is 41.9 Å². The van der Waals surface area contributed by atoms with Crippen LogP contribution in [0.2, 0.25) is 5.02 Å². The highest BCUT2D eigenvalue weighted by atomic mass is 35.5.